The summed E-state index contributed by atoms with van der Waals surface area (Å²) in [6.07, 6.45) is 5.43. The molecule has 2 aromatic rings. The Morgan fingerprint density at radius 2 is 1.79 bits per heavy atom. The van der Waals surface area contributed by atoms with Crippen molar-refractivity contribution in [1.82, 2.24) is 20.2 Å². The molecule has 1 aromatic carbocycles. The molecular formula is C20H28FIN6O. The van der Waals surface area contributed by atoms with Crippen LogP contribution in [0.15, 0.2) is 47.7 Å². The summed E-state index contributed by atoms with van der Waals surface area (Å²) in [7, 11) is 1.81. The van der Waals surface area contributed by atoms with Gasteiger partial charge in [0.1, 0.15) is 11.6 Å². The summed E-state index contributed by atoms with van der Waals surface area (Å²) < 4.78 is 18.5. The van der Waals surface area contributed by atoms with Gasteiger partial charge in [-0.2, -0.15) is 0 Å². The predicted molar refractivity (Wildman–Crippen MR) is 124 cm³/mol. The lowest BCUT2D eigenvalue weighted by atomic mass is 10.3. The van der Waals surface area contributed by atoms with Crippen molar-refractivity contribution >= 4 is 35.9 Å². The normalized spacial score (nSPS) is 14.3. The van der Waals surface area contributed by atoms with E-state index in [4.69, 9.17) is 4.74 Å². The van der Waals surface area contributed by atoms with Gasteiger partial charge in [0.25, 0.3) is 0 Å². The van der Waals surface area contributed by atoms with E-state index in [9.17, 15) is 4.39 Å². The molecule has 158 valence electrons. The molecule has 0 unspecified atom stereocenters. The zero-order valence-corrected chi connectivity index (χ0v) is 19.0. The van der Waals surface area contributed by atoms with Crippen LogP contribution in [0.4, 0.5) is 10.3 Å². The van der Waals surface area contributed by atoms with Gasteiger partial charge >= 0.3 is 0 Å². The van der Waals surface area contributed by atoms with Crippen molar-refractivity contribution < 1.29 is 9.13 Å². The van der Waals surface area contributed by atoms with Crippen molar-refractivity contribution in [2.24, 2.45) is 4.99 Å². The van der Waals surface area contributed by atoms with Gasteiger partial charge in [-0.05, 0) is 43.2 Å². The molecule has 3 rings (SSSR count). The van der Waals surface area contributed by atoms with Gasteiger partial charge in [0, 0.05) is 52.2 Å². The molecular weight excluding hydrogens is 486 g/mol. The summed E-state index contributed by atoms with van der Waals surface area (Å²) >= 11 is 0. The average molecular weight is 514 g/mol. The Bertz CT molecular complexity index is 738. The second kappa shape index (κ2) is 12.4. The van der Waals surface area contributed by atoms with Crippen molar-refractivity contribution in [3.8, 4) is 5.75 Å². The lowest BCUT2D eigenvalue weighted by Gasteiger charge is -2.36. The number of ether oxygens (including phenoxy) is 1. The summed E-state index contributed by atoms with van der Waals surface area (Å²) in [4.78, 5) is 17.5. The number of aromatic nitrogens is 2. The predicted octanol–water partition coefficient (Wildman–Crippen LogP) is 2.79. The molecule has 7 nitrogen and oxygen atoms in total. The van der Waals surface area contributed by atoms with E-state index in [1.807, 2.05) is 13.1 Å². The number of anilines is 1. The monoisotopic (exact) mass is 514 g/mol. The maximum atomic E-state index is 12.9. The summed E-state index contributed by atoms with van der Waals surface area (Å²) in [5.41, 5.74) is 0. The van der Waals surface area contributed by atoms with E-state index >= 15 is 0 Å². The Kier molecular flexibility index (Phi) is 9.89. The van der Waals surface area contributed by atoms with E-state index in [-0.39, 0.29) is 29.8 Å². The molecule has 0 atom stereocenters. The van der Waals surface area contributed by atoms with Gasteiger partial charge in [-0.25, -0.2) is 14.4 Å². The second-order valence-electron chi connectivity index (χ2n) is 6.51. The van der Waals surface area contributed by atoms with Crippen molar-refractivity contribution in [2.75, 3.05) is 51.3 Å². The molecule has 0 amide bonds. The minimum atomic E-state index is -0.250. The molecule has 0 bridgehead atoms. The van der Waals surface area contributed by atoms with E-state index in [1.165, 1.54) is 12.1 Å². The number of benzene rings is 1. The van der Waals surface area contributed by atoms with Crippen LogP contribution in [0.5, 0.6) is 5.75 Å². The van der Waals surface area contributed by atoms with E-state index in [1.54, 1.807) is 24.5 Å². The number of hydrogen-bond acceptors (Lipinski definition) is 5. The molecule has 1 aliphatic heterocycles. The number of unbranched alkanes of at least 4 members (excludes halogenated alkanes) is 1. The van der Waals surface area contributed by atoms with Crippen LogP contribution >= 0.6 is 24.0 Å². The molecule has 1 saturated heterocycles. The van der Waals surface area contributed by atoms with Gasteiger partial charge in [0.2, 0.25) is 5.95 Å². The maximum absolute atomic E-state index is 12.9. The van der Waals surface area contributed by atoms with Crippen molar-refractivity contribution in [3.63, 3.8) is 0 Å². The molecule has 0 aliphatic carbocycles. The van der Waals surface area contributed by atoms with Crippen LogP contribution in [0.25, 0.3) is 0 Å². The molecule has 1 fully saturated rings. The average Bonchev–Trinajstić information content (AvgIpc) is 2.75. The van der Waals surface area contributed by atoms with Gasteiger partial charge in [-0.3, -0.25) is 4.99 Å². The standard InChI is InChI=1S/C20H27FN6O.HI/c1-22-19(23-9-2-3-16-28-18-7-5-17(21)6-8-18)26-12-14-27(15-13-26)20-24-10-4-11-25-20;/h4-8,10-11H,2-3,9,12-16H2,1H3,(H,22,23);1H. The first kappa shape index (κ1) is 23.1. The van der Waals surface area contributed by atoms with Gasteiger partial charge in [-0.1, -0.05) is 0 Å². The smallest absolute Gasteiger partial charge is 0.225 e. The number of guanidine groups is 1. The van der Waals surface area contributed by atoms with Crippen LogP contribution in [0, 0.1) is 5.82 Å². The van der Waals surface area contributed by atoms with Crippen molar-refractivity contribution in [3.05, 3.63) is 48.5 Å². The molecule has 29 heavy (non-hydrogen) atoms. The molecule has 9 heteroatoms. The molecule has 0 radical (unpaired) electrons. The molecule has 1 aliphatic rings. The Morgan fingerprint density at radius 3 is 2.45 bits per heavy atom. The fraction of sp³-hybridized carbons (Fsp3) is 0.450. The number of hydrogen-bond donors (Lipinski definition) is 1. The largest absolute Gasteiger partial charge is 0.494 e. The third-order valence-corrected chi connectivity index (χ3v) is 4.56. The SMILES string of the molecule is CN=C(NCCCCOc1ccc(F)cc1)N1CCN(c2ncccn2)CC1.I. The van der Waals surface area contributed by atoms with Crippen LogP contribution in [-0.2, 0) is 0 Å². The topological polar surface area (TPSA) is 65.9 Å². The highest BCUT2D eigenvalue weighted by Gasteiger charge is 2.20. The Morgan fingerprint density at radius 1 is 1.10 bits per heavy atom. The van der Waals surface area contributed by atoms with Gasteiger partial charge in [0.05, 0.1) is 6.61 Å². The molecule has 2 heterocycles. The Hall–Kier alpha value is -2.17. The summed E-state index contributed by atoms with van der Waals surface area (Å²) in [5, 5.41) is 3.42. The number of aliphatic imine (C=N–C) groups is 1. The van der Waals surface area contributed by atoms with Crippen molar-refractivity contribution in [2.45, 2.75) is 12.8 Å². The van der Waals surface area contributed by atoms with E-state index < -0.39 is 0 Å². The van der Waals surface area contributed by atoms with Crippen LogP contribution in [0.3, 0.4) is 0 Å². The molecule has 0 spiro atoms. The first-order valence-corrected chi connectivity index (χ1v) is 9.62. The summed E-state index contributed by atoms with van der Waals surface area (Å²) in [6, 6.07) is 7.94. The lowest BCUT2D eigenvalue weighted by molar-refractivity contribution is 0.305. The fourth-order valence-electron chi connectivity index (χ4n) is 3.05. The number of rotatable bonds is 7. The first-order chi connectivity index (χ1) is 13.8. The third kappa shape index (κ3) is 7.30. The van der Waals surface area contributed by atoms with Gasteiger partial charge < -0.3 is 19.9 Å². The van der Waals surface area contributed by atoms with Crippen LogP contribution in [0.1, 0.15) is 12.8 Å². The molecule has 1 N–H and O–H groups in total. The van der Waals surface area contributed by atoms with Gasteiger partial charge in [0.15, 0.2) is 5.96 Å². The second-order valence-corrected chi connectivity index (χ2v) is 6.51. The van der Waals surface area contributed by atoms with Crippen molar-refractivity contribution in [1.29, 1.82) is 0 Å². The quantitative estimate of drug-likeness (QED) is 0.266. The van der Waals surface area contributed by atoms with Crippen LogP contribution < -0.4 is 15.0 Å². The van der Waals surface area contributed by atoms with Crippen LogP contribution in [-0.4, -0.2) is 67.2 Å². The number of nitrogens with one attached hydrogen (secondary N) is 1. The fourth-order valence-corrected chi connectivity index (χ4v) is 3.05. The highest BCUT2D eigenvalue weighted by Crippen LogP contribution is 2.12. The van der Waals surface area contributed by atoms with Gasteiger partial charge in [-0.15, -0.1) is 24.0 Å². The zero-order chi connectivity index (χ0) is 19.6. The highest BCUT2D eigenvalue weighted by atomic mass is 127. The summed E-state index contributed by atoms with van der Waals surface area (Å²) in [6.45, 7) is 4.95. The van der Waals surface area contributed by atoms with E-state index in [0.717, 1.165) is 57.5 Å². The Labute approximate surface area is 188 Å². The van der Waals surface area contributed by atoms with E-state index in [0.29, 0.717) is 12.4 Å². The van der Waals surface area contributed by atoms with Crippen LogP contribution in [0.2, 0.25) is 0 Å². The minimum absolute atomic E-state index is 0. The number of nitrogens with zero attached hydrogens (tertiary/aromatic N) is 5. The molecule has 1 aromatic heterocycles. The zero-order valence-electron chi connectivity index (χ0n) is 16.6. The highest BCUT2D eigenvalue weighted by molar-refractivity contribution is 14.0. The number of piperazine rings is 1. The first-order valence-electron chi connectivity index (χ1n) is 9.62. The maximum Gasteiger partial charge on any atom is 0.225 e. The molecule has 0 saturated carbocycles. The third-order valence-electron chi connectivity index (χ3n) is 4.56. The lowest BCUT2D eigenvalue weighted by Crippen LogP contribution is -2.53. The number of halogens is 2. The summed E-state index contributed by atoms with van der Waals surface area (Å²) in [5.74, 6) is 2.16. The minimum Gasteiger partial charge on any atom is -0.494 e. The van der Waals surface area contributed by atoms with E-state index in [2.05, 4.69) is 30.1 Å². The Balaban J connectivity index is 0.00000300.